The number of hydrogen-bond acceptors (Lipinski definition) is 6. The van der Waals surface area contributed by atoms with Gasteiger partial charge in [0.1, 0.15) is 10.7 Å². The van der Waals surface area contributed by atoms with E-state index in [4.69, 9.17) is 5.73 Å². The summed E-state index contributed by atoms with van der Waals surface area (Å²) in [7, 11) is -3.72. The third-order valence-corrected chi connectivity index (χ3v) is 5.62. The van der Waals surface area contributed by atoms with E-state index < -0.39 is 9.84 Å². The van der Waals surface area contributed by atoms with E-state index in [1.54, 1.807) is 24.3 Å². The molecule has 1 aromatic carbocycles. The Labute approximate surface area is 143 Å². The molecule has 2 N–H and O–H groups in total. The Bertz CT molecular complexity index is 789. The summed E-state index contributed by atoms with van der Waals surface area (Å²) in [6.45, 7) is 7.57. The molecule has 0 atom stereocenters. The molecule has 0 fully saturated rings. The van der Waals surface area contributed by atoms with Crippen molar-refractivity contribution in [3.63, 3.8) is 0 Å². The van der Waals surface area contributed by atoms with Crippen LogP contribution in [0.3, 0.4) is 0 Å². The predicted octanol–water partition coefficient (Wildman–Crippen LogP) is 2.83. The van der Waals surface area contributed by atoms with Crippen LogP contribution < -0.4 is 10.6 Å². The zero-order valence-corrected chi connectivity index (χ0v) is 15.2. The van der Waals surface area contributed by atoms with Crippen LogP contribution in [0.5, 0.6) is 0 Å². The van der Waals surface area contributed by atoms with E-state index in [-0.39, 0.29) is 15.6 Å². The average molecular weight is 348 g/mol. The van der Waals surface area contributed by atoms with E-state index in [0.29, 0.717) is 5.95 Å². The van der Waals surface area contributed by atoms with E-state index in [1.807, 2.05) is 18.7 Å². The van der Waals surface area contributed by atoms with Crippen molar-refractivity contribution in [3.8, 4) is 0 Å². The second kappa shape index (κ2) is 7.61. The minimum Gasteiger partial charge on any atom is -0.382 e. The summed E-state index contributed by atoms with van der Waals surface area (Å²) < 4.78 is 25.4. The fourth-order valence-corrected chi connectivity index (χ4v) is 3.59. The number of hydrogen-bond donors (Lipinski definition) is 1. The zero-order valence-electron chi connectivity index (χ0n) is 14.4. The van der Waals surface area contributed by atoms with Crippen LogP contribution in [-0.4, -0.2) is 31.5 Å². The molecule has 0 aliphatic rings. The predicted molar refractivity (Wildman–Crippen MR) is 95.9 cm³/mol. The quantitative estimate of drug-likeness (QED) is 0.827. The number of sulfone groups is 1. The minimum atomic E-state index is -3.72. The van der Waals surface area contributed by atoms with Crippen LogP contribution in [0.1, 0.15) is 32.3 Å². The normalized spacial score (nSPS) is 11.5. The van der Waals surface area contributed by atoms with Gasteiger partial charge in [-0.05, 0) is 32.4 Å². The third kappa shape index (κ3) is 3.84. The van der Waals surface area contributed by atoms with Crippen LogP contribution in [0, 0.1) is 6.92 Å². The van der Waals surface area contributed by atoms with Gasteiger partial charge in [-0.3, -0.25) is 0 Å². The van der Waals surface area contributed by atoms with Gasteiger partial charge in [-0.25, -0.2) is 13.4 Å². The highest BCUT2D eigenvalue weighted by Crippen LogP contribution is 2.25. The van der Waals surface area contributed by atoms with Gasteiger partial charge in [-0.2, -0.15) is 4.98 Å². The first-order valence-corrected chi connectivity index (χ1v) is 9.57. The van der Waals surface area contributed by atoms with Crippen LogP contribution in [0.25, 0.3) is 0 Å². The molecule has 0 aliphatic carbocycles. The molecule has 0 aliphatic heterocycles. The van der Waals surface area contributed by atoms with Gasteiger partial charge >= 0.3 is 0 Å². The summed E-state index contributed by atoms with van der Waals surface area (Å²) in [5, 5.41) is 0. The Morgan fingerprint density at radius 3 is 2.38 bits per heavy atom. The molecule has 1 heterocycles. The number of rotatable bonds is 7. The number of nitrogen functional groups attached to an aromatic ring is 1. The van der Waals surface area contributed by atoms with Crippen molar-refractivity contribution < 1.29 is 8.42 Å². The topological polar surface area (TPSA) is 89.2 Å². The molecule has 7 heteroatoms. The lowest BCUT2D eigenvalue weighted by Crippen LogP contribution is -2.26. The number of nitrogens with two attached hydrogens (primary N) is 1. The molecule has 0 spiro atoms. The molecule has 1 aromatic heterocycles. The van der Waals surface area contributed by atoms with Crippen molar-refractivity contribution in [2.75, 3.05) is 23.7 Å². The van der Waals surface area contributed by atoms with Gasteiger partial charge in [-0.15, -0.1) is 0 Å². The molecule has 0 amide bonds. The van der Waals surface area contributed by atoms with Gasteiger partial charge in [-0.1, -0.05) is 31.0 Å². The van der Waals surface area contributed by atoms with Crippen molar-refractivity contribution >= 4 is 21.6 Å². The van der Waals surface area contributed by atoms with E-state index >= 15 is 0 Å². The minimum absolute atomic E-state index is 0.0180. The first-order chi connectivity index (χ1) is 11.4. The Kier molecular flexibility index (Phi) is 5.77. The van der Waals surface area contributed by atoms with Crippen LogP contribution >= 0.6 is 0 Å². The maximum absolute atomic E-state index is 12.7. The van der Waals surface area contributed by atoms with Crippen molar-refractivity contribution in [2.24, 2.45) is 0 Å². The van der Waals surface area contributed by atoms with E-state index in [2.05, 4.69) is 16.9 Å². The molecule has 0 radical (unpaired) electrons. The summed E-state index contributed by atoms with van der Waals surface area (Å²) in [5.74, 6) is 0.446. The summed E-state index contributed by atoms with van der Waals surface area (Å²) in [5.41, 5.74) is 6.93. The lowest BCUT2D eigenvalue weighted by molar-refractivity contribution is 0.595. The average Bonchev–Trinajstić information content (AvgIpc) is 2.56. The molecular weight excluding hydrogens is 324 g/mol. The summed E-state index contributed by atoms with van der Waals surface area (Å²) in [6.07, 6.45) is 3.38. The molecule has 0 saturated heterocycles. The Balaban J connectivity index is 2.37. The van der Waals surface area contributed by atoms with Crippen molar-refractivity contribution in [1.29, 1.82) is 0 Å². The number of benzene rings is 1. The van der Waals surface area contributed by atoms with Gasteiger partial charge in [0.05, 0.1) is 11.1 Å². The third-order valence-electron chi connectivity index (χ3n) is 3.84. The van der Waals surface area contributed by atoms with Gasteiger partial charge < -0.3 is 10.6 Å². The molecule has 130 valence electrons. The van der Waals surface area contributed by atoms with Crippen LogP contribution in [0.15, 0.2) is 40.3 Å². The first-order valence-electron chi connectivity index (χ1n) is 8.09. The molecule has 0 bridgehead atoms. The number of anilines is 2. The Morgan fingerprint density at radius 2 is 1.83 bits per heavy atom. The largest absolute Gasteiger partial charge is 0.382 e. The molecular formula is C17H24N4O2S. The highest BCUT2D eigenvalue weighted by atomic mass is 32.2. The zero-order chi connectivity index (χ0) is 17.7. The molecule has 2 rings (SSSR count). The fraction of sp³-hybridized carbons (Fsp3) is 0.412. The lowest BCUT2D eigenvalue weighted by atomic mass is 10.2. The summed E-state index contributed by atoms with van der Waals surface area (Å²) in [4.78, 5) is 10.6. The van der Waals surface area contributed by atoms with Crippen molar-refractivity contribution in [1.82, 2.24) is 9.97 Å². The van der Waals surface area contributed by atoms with Crippen LogP contribution in [0.2, 0.25) is 0 Å². The summed E-state index contributed by atoms with van der Waals surface area (Å²) in [6, 6.07) is 6.64. The second-order valence-electron chi connectivity index (χ2n) is 5.67. The van der Waals surface area contributed by atoms with Gasteiger partial charge in [0.15, 0.2) is 0 Å². The molecule has 2 aromatic rings. The molecule has 0 unspecified atom stereocenters. The van der Waals surface area contributed by atoms with Gasteiger partial charge in [0.2, 0.25) is 15.8 Å². The highest BCUT2D eigenvalue weighted by molar-refractivity contribution is 7.91. The molecule has 0 saturated carbocycles. The Hall–Kier alpha value is -2.15. The first kappa shape index (κ1) is 18.2. The highest BCUT2D eigenvalue weighted by Gasteiger charge is 2.23. The van der Waals surface area contributed by atoms with Crippen LogP contribution in [-0.2, 0) is 9.84 Å². The number of aromatic nitrogens is 2. The Morgan fingerprint density at radius 1 is 1.17 bits per heavy atom. The molecule has 24 heavy (non-hydrogen) atoms. The fourth-order valence-electron chi connectivity index (χ4n) is 2.33. The van der Waals surface area contributed by atoms with E-state index in [9.17, 15) is 8.42 Å². The monoisotopic (exact) mass is 348 g/mol. The second-order valence-corrected chi connectivity index (χ2v) is 7.59. The maximum atomic E-state index is 12.7. The van der Waals surface area contributed by atoms with Crippen LogP contribution in [0.4, 0.5) is 11.8 Å². The number of unbranched alkanes of at least 4 members (excludes halogenated alkanes) is 1. The van der Waals surface area contributed by atoms with Crippen molar-refractivity contribution in [2.45, 2.75) is 43.4 Å². The smallest absolute Gasteiger partial charge is 0.227 e. The lowest BCUT2D eigenvalue weighted by Gasteiger charge is -2.21. The van der Waals surface area contributed by atoms with Crippen molar-refractivity contribution in [3.05, 3.63) is 36.0 Å². The number of nitrogens with zero attached hydrogens (tertiary/aromatic N) is 3. The standard InChI is InChI=1S/C17H24N4O2S/c1-4-6-11-21(5-2)17-19-12-15(16(18)20-17)24(22,23)14-9-7-13(3)8-10-14/h7-10,12H,4-6,11H2,1-3H3,(H2,18,19,20). The number of aryl methyl sites for hydroxylation is 1. The summed E-state index contributed by atoms with van der Waals surface area (Å²) >= 11 is 0. The van der Waals surface area contributed by atoms with Gasteiger partial charge in [0.25, 0.3) is 0 Å². The van der Waals surface area contributed by atoms with Gasteiger partial charge in [0, 0.05) is 13.1 Å². The maximum Gasteiger partial charge on any atom is 0.227 e. The SMILES string of the molecule is CCCCN(CC)c1ncc(S(=O)(=O)c2ccc(C)cc2)c(N)n1. The van der Waals surface area contributed by atoms with E-state index in [1.165, 1.54) is 6.20 Å². The van der Waals surface area contributed by atoms with E-state index in [0.717, 1.165) is 31.5 Å². The molecule has 6 nitrogen and oxygen atoms in total.